The number of amides is 2. The van der Waals surface area contributed by atoms with E-state index in [-0.39, 0.29) is 17.6 Å². The molecule has 0 bridgehead atoms. The normalized spacial score (nSPS) is 25.1. The topological polar surface area (TPSA) is 103 Å². The lowest BCUT2D eigenvalue weighted by Crippen LogP contribution is -2.60. The van der Waals surface area contributed by atoms with Gasteiger partial charge in [-0.05, 0) is 30.0 Å². The standard InChI is InChI=1S/C18H22N4O5S2/c1-20-14(12-13(19-29(20,25)26)16-5-3-11-28-16)17(23)21-6-8-22(9-7-21)18(24)15-4-2-10-27-15/h2-5,10-11,13-14,19H,6-9,12H2,1H3/t13-,14+/m0/s1. The minimum atomic E-state index is -3.76. The quantitative estimate of drug-likeness (QED) is 0.767. The summed E-state index contributed by atoms with van der Waals surface area (Å²) in [6.07, 6.45) is 1.81. The minimum Gasteiger partial charge on any atom is -0.459 e. The number of nitrogens with zero attached hydrogens (tertiary/aromatic N) is 3. The molecule has 2 aliphatic heterocycles. The van der Waals surface area contributed by atoms with Crippen molar-refractivity contribution in [2.45, 2.75) is 18.5 Å². The predicted octanol–water partition coefficient (Wildman–Crippen LogP) is 0.905. The van der Waals surface area contributed by atoms with Gasteiger partial charge in [-0.25, -0.2) is 0 Å². The maximum Gasteiger partial charge on any atom is 0.289 e. The average Bonchev–Trinajstić information content (AvgIpc) is 3.43. The molecule has 4 heterocycles. The summed E-state index contributed by atoms with van der Waals surface area (Å²) in [4.78, 5) is 29.7. The Balaban J connectivity index is 1.44. The molecule has 2 atom stereocenters. The monoisotopic (exact) mass is 438 g/mol. The maximum atomic E-state index is 13.1. The Labute approximate surface area is 173 Å². The highest BCUT2D eigenvalue weighted by molar-refractivity contribution is 7.87. The van der Waals surface area contributed by atoms with Crippen LogP contribution in [0.3, 0.4) is 0 Å². The van der Waals surface area contributed by atoms with Gasteiger partial charge in [0.15, 0.2) is 5.76 Å². The Hall–Kier alpha value is -2.21. The Bertz CT molecular complexity index is 966. The molecule has 0 aromatic carbocycles. The molecular weight excluding hydrogens is 416 g/mol. The first-order valence-corrected chi connectivity index (χ1v) is 11.6. The van der Waals surface area contributed by atoms with Crippen molar-refractivity contribution in [3.05, 3.63) is 46.5 Å². The van der Waals surface area contributed by atoms with Crippen molar-refractivity contribution < 1.29 is 22.4 Å². The fourth-order valence-corrected chi connectivity index (χ4v) is 5.79. The van der Waals surface area contributed by atoms with E-state index < -0.39 is 22.3 Å². The third kappa shape index (κ3) is 3.95. The molecule has 2 amide bonds. The van der Waals surface area contributed by atoms with Crippen LogP contribution in [0.1, 0.15) is 27.9 Å². The molecule has 4 rings (SSSR count). The second-order valence-electron chi connectivity index (χ2n) is 7.05. The number of nitrogens with one attached hydrogen (secondary N) is 1. The van der Waals surface area contributed by atoms with Gasteiger partial charge in [-0.1, -0.05) is 6.07 Å². The summed E-state index contributed by atoms with van der Waals surface area (Å²) in [5, 5.41) is 1.88. The van der Waals surface area contributed by atoms with Gasteiger partial charge >= 0.3 is 0 Å². The molecule has 2 aliphatic rings. The van der Waals surface area contributed by atoms with Crippen LogP contribution in [-0.2, 0) is 15.0 Å². The Morgan fingerprint density at radius 2 is 1.86 bits per heavy atom. The molecule has 2 saturated heterocycles. The van der Waals surface area contributed by atoms with Gasteiger partial charge in [-0.2, -0.15) is 17.4 Å². The first-order valence-electron chi connectivity index (χ1n) is 9.27. The molecule has 9 nitrogen and oxygen atoms in total. The highest BCUT2D eigenvalue weighted by atomic mass is 32.2. The largest absolute Gasteiger partial charge is 0.459 e. The van der Waals surface area contributed by atoms with Crippen LogP contribution in [0.5, 0.6) is 0 Å². The molecule has 2 fully saturated rings. The third-order valence-electron chi connectivity index (χ3n) is 5.35. The Kier molecular flexibility index (Phi) is 5.47. The molecular formula is C18H22N4O5S2. The van der Waals surface area contributed by atoms with Gasteiger partial charge < -0.3 is 14.2 Å². The van der Waals surface area contributed by atoms with Crippen molar-refractivity contribution in [1.29, 1.82) is 0 Å². The van der Waals surface area contributed by atoms with E-state index in [1.54, 1.807) is 21.9 Å². The van der Waals surface area contributed by atoms with Crippen LogP contribution in [0.4, 0.5) is 0 Å². The van der Waals surface area contributed by atoms with E-state index in [0.717, 1.165) is 9.18 Å². The molecule has 1 N–H and O–H groups in total. The molecule has 156 valence electrons. The fraction of sp³-hybridized carbons (Fsp3) is 0.444. The summed E-state index contributed by atoms with van der Waals surface area (Å²) in [7, 11) is -2.33. The van der Waals surface area contributed by atoms with Crippen molar-refractivity contribution in [3.8, 4) is 0 Å². The van der Waals surface area contributed by atoms with E-state index in [1.807, 2.05) is 17.5 Å². The van der Waals surface area contributed by atoms with Gasteiger partial charge in [0.2, 0.25) is 5.91 Å². The number of carbonyl (C=O) groups is 2. The lowest BCUT2D eigenvalue weighted by molar-refractivity contribution is -0.137. The maximum absolute atomic E-state index is 13.1. The van der Waals surface area contributed by atoms with Crippen molar-refractivity contribution in [2.75, 3.05) is 33.2 Å². The first kappa shape index (κ1) is 20.1. The van der Waals surface area contributed by atoms with Crippen molar-refractivity contribution in [3.63, 3.8) is 0 Å². The fourth-order valence-electron chi connectivity index (χ4n) is 3.67. The number of carbonyl (C=O) groups excluding carboxylic acids is 2. The molecule has 29 heavy (non-hydrogen) atoms. The van der Waals surface area contributed by atoms with Crippen LogP contribution >= 0.6 is 11.3 Å². The SMILES string of the molecule is CN1[C@@H](C(=O)N2CCN(C(=O)c3ccco3)CC2)C[C@@H](c2cccs2)NS1(=O)=O. The van der Waals surface area contributed by atoms with Crippen molar-refractivity contribution >= 4 is 33.4 Å². The summed E-state index contributed by atoms with van der Waals surface area (Å²) < 4.78 is 34.0. The number of piperazine rings is 1. The van der Waals surface area contributed by atoms with Gasteiger partial charge in [0.25, 0.3) is 16.1 Å². The van der Waals surface area contributed by atoms with Crippen LogP contribution in [-0.4, -0.2) is 73.6 Å². The van der Waals surface area contributed by atoms with E-state index in [9.17, 15) is 18.0 Å². The lowest BCUT2D eigenvalue weighted by atomic mass is 10.0. The van der Waals surface area contributed by atoms with E-state index >= 15 is 0 Å². The van der Waals surface area contributed by atoms with E-state index in [4.69, 9.17) is 4.42 Å². The van der Waals surface area contributed by atoms with Gasteiger partial charge in [0, 0.05) is 38.1 Å². The van der Waals surface area contributed by atoms with Crippen LogP contribution in [0.25, 0.3) is 0 Å². The molecule has 0 radical (unpaired) electrons. The lowest BCUT2D eigenvalue weighted by Gasteiger charge is -2.40. The summed E-state index contributed by atoms with van der Waals surface area (Å²) >= 11 is 1.46. The highest BCUT2D eigenvalue weighted by Gasteiger charge is 2.43. The van der Waals surface area contributed by atoms with Gasteiger partial charge in [0.05, 0.1) is 12.3 Å². The van der Waals surface area contributed by atoms with Crippen LogP contribution in [0.2, 0.25) is 0 Å². The summed E-state index contributed by atoms with van der Waals surface area (Å²) in [5.41, 5.74) is 0. The number of hydrogen-bond acceptors (Lipinski definition) is 6. The van der Waals surface area contributed by atoms with Gasteiger partial charge in [-0.3, -0.25) is 9.59 Å². The van der Waals surface area contributed by atoms with Gasteiger partial charge in [0.1, 0.15) is 6.04 Å². The molecule has 11 heteroatoms. The predicted molar refractivity (Wildman–Crippen MR) is 106 cm³/mol. The van der Waals surface area contributed by atoms with Crippen LogP contribution in [0, 0.1) is 0 Å². The Morgan fingerprint density at radius 1 is 1.14 bits per heavy atom. The summed E-state index contributed by atoms with van der Waals surface area (Å²) in [6, 6.07) is 5.79. The number of furan rings is 1. The summed E-state index contributed by atoms with van der Waals surface area (Å²) in [5.74, 6) is -0.168. The van der Waals surface area contributed by atoms with E-state index in [0.29, 0.717) is 32.6 Å². The zero-order chi connectivity index (χ0) is 20.6. The molecule has 2 aromatic heterocycles. The molecule has 0 aliphatic carbocycles. The van der Waals surface area contributed by atoms with Crippen LogP contribution < -0.4 is 4.72 Å². The number of hydrogen-bond donors (Lipinski definition) is 1. The van der Waals surface area contributed by atoms with Gasteiger partial charge in [-0.15, -0.1) is 11.3 Å². The third-order valence-corrected chi connectivity index (χ3v) is 7.93. The van der Waals surface area contributed by atoms with Crippen molar-refractivity contribution in [2.24, 2.45) is 0 Å². The number of thiophene rings is 1. The first-order chi connectivity index (χ1) is 13.9. The smallest absolute Gasteiger partial charge is 0.289 e. The van der Waals surface area contributed by atoms with E-state index in [2.05, 4.69) is 4.72 Å². The number of likely N-dealkylation sites (N-methyl/N-ethyl adjacent to an activating group) is 1. The number of rotatable bonds is 3. The van der Waals surface area contributed by atoms with E-state index in [1.165, 1.54) is 24.6 Å². The zero-order valence-electron chi connectivity index (χ0n) is 15.9. The van der Waals surface area contributed by atoms with Crippen molar-refractivity contribution in [1.82, 2.24) is 18.8 Å². The second kappa shape index (κ2) is 7.90. The highest BCUT2D eigenvalue weighted by Crippen LogP contribution is 2.31. The Morgan fingerprint density at radius 3 is 2.48 bits per heavy atom. The molecule has 0 saturated carbocycles. The average molecular weight is 439 g/mol. The molecule has 2 aromatic rings. The second-order valence-corrected chi connectivity index (χ2v) is 9.79. The summed E-state index contributed by atoms with van der Waals surface area (Å²) in [6.45, 7) is 1.46. The molecule has 0 unspecified atom stereocenters. The zero-order valence-corrected chi connectivity index (χ0v) is 17.5. The minimum absolute atomic E-state index is 0.207. The van der Waals surface area contributed by atoms with Crippen LogP contribution in [0.15, 0.2) is 40.3 Å². The molecule has 0 spiro atoms.